The summed E-state index contributed by atoms with van der Waals surface area (Å²) in [6, 6.07) is 14.3. The predicted molar refractivity (Wildman–Crippen MR) is 109 cm³/mol. The Balaban J connectivity index is 1.53. The lowest BCUT2D eigenvalue weighted by atomic mass is 10.1. The first-order valence-corrected chi connectivity index (χ1v) is 10.3. The number of thioether (sulfide) groups is 1. The number of carbonyl (C=O) groups is 1. The highest BCUT2D eigenvalue weighted by Crippen LogP contribution is 2.20. The maximum atomic E-state index is 11.8. The normalized spacial score (nSPS) is 10.8. The lowest BCUT2D eigenvalue weighted by Gasteiger charge is -2.08. The van der Waals surface area contributed by atoms with Crippen molar-refractivity contribution in [3.63, 3.8) is 0 Å². The van der Waals surface area contributed by atoms with Gasteiger partial charge in [-0.3, -0.25) is 4.79 Å². The first-order valence-electron chi connectivity index (χ1n) is 9.32. The van der Waals surface area contributed by atoms with Crippen molar-refractivity contribution in [2.45, 2.75) is 45.4 Å². The van der Waals surface area contributed by atoms with Crippen LogP contribution in [0.5, 0.6) is 5.75 Å². The number of hydrogen-bond donors (Lipinski definition) is 1. The summed E-state index contributed by atoms with van der Waals surface area (Å²) in [6.45, 7) is 3.54. The van der Waals surface area contributed by atoms with E-state index >= 15 is 0 Å². The molecule has 136 valence electrons. The fraction of sp³-hybridized carbons (Fsp3) is 0.476. The van der Waals surface area contributed by atoms with Crippen LogP contribution in [-0.2, 0) is 0 Å². The molecule has 0 aliphatic heterocycles. The molecule has 0 saturated heterocycles. The van der Waals surface area contributed by atoms with Crippen LogP contribution < -0.4 is 10.1 Å². The summed E-state index contributed by atoms with van der Waals surface area (Å²) >= 11 is 1.30. The Labute approximate surface area is 155 Å². The van der Waals surface area contributed by atoms with Gasteiger partial charge in [-0.1, -0.05) is 81.1 Å². The van der Waals surface area contributed by atoms with Gasteiger partial charge in [-0.25, -0.2) is 0 Å². The van der Waals surface area contributed by atoms with E-state index in [1.807, 2.05) is 24.3 Å². The summed E-state index contributed by atoms with van der Waals surface area (Å²) in [4.78, 5) is 11.8. The number of fused-ring (bicyclic) bond motifs is 1. The van der Waals surface area contributed by atoms with Gasteiger partial charge in [0, 0.05) is 12.3 Å². The van der Waals surface area contributed by atoms with E-state index in [9.17, 15) is 4.79 Å². The molecule has 0 aliphatic rings. The van der Waals surface area contributed by atoms with Crippen molar-refractivity contribution >= 4 is 27.8 Å². The van der Waals surface area contributed by atoms with E-state index in [4.69, 9.17) is 4.74 Å². The van der Waals surface area contributed by atoms with Crippen molar-refractivity contribution in [3.05, 3.63) is 42.5 Å². The van der Waals surface area contributed by atoms with E-state index in [0.29, 0.717) is 12.4 Å². The summed E-state index contributed by atoms with van der Waals surface area (Å²) in [7, 11) is 0. The van der Waals surface area contributed by atoms with Gasteiger partial charge in [0.15, 0.2) is 0 Å². The fourth-order valence-corrected chi connectivity index (χ4v) is 3.25. The molecule has 0 saturated carbocycles. The first kappa shape index (κ1) is 19.6. The van der Waals surface area contributed by atoms with Crippen molar-refractivity contribution in [1.82, 2.24) is 5.32 Å². The zero-order chi connectivity index (χ0) is 17.7. The van der Waals surface area contributed by atoms with Gasteiger partial charge < -0.3 is 10.1 Å². The van der Waals surface area contributed by atoms with Crippen LogP contribution in [0.1, 0.15) is 45.4 Å². The Morgan fingerprint density at radius 3 is 2.60 bits per heavy atom. The van der Waals surface area contributed by atoms with Crippen LogP contribution in [0, 0.1) is 0 Å². The maximum Gasteiger partial charge on any atom is 0.279 e. The Morgan fingerprint density at radius 2 is 1.76 bits per heavy atom. The molecule has 0 spiro atoms. The zero-order valence-electron chi connectivity index (χ0n) is 15.1. The molecule has 4 heteroatoms. The molecule has 0 fully saturated rings. The lowest BCUT2D eigenvalue weighted by Crippen LogP contribution is -2.20. The van der Waals surface area contributed by atoms with Crippen molar-refractivity contribution < 1.29 is 9.53 Å². The van der Waals surface area contributed by atoms with Gasteiger partial charge in [0.05, 0.1) is 6.61 Å². The molecule has 0 aromatic heterocycles. The molecule has 0 radical (unpaired) electrons. The average molecular weight is 360 g/mol. The van der Waals surface area contributed by atoms with Gasteiger partial charge in [-0.15, -0.1) is 0 Å². The number of rotatable bonds is 11. The summed E-state index contributed by atoms with van der Waals surface area (Å²) < 4.78 is 5.74. The third kappa shape index (κ3) is 7.82. The van der Waals surface area contributed by atoms with E-state index in [1.165, 1.54) is 54.6 Å². The molecule has 25 heavy (non-hydrogen) atoms. The SMILES string of the molecule is CCCCCCCCNC(=O)SCCOc1ccc2ccccc2c1. The predicted octanol–water partition coefficient (Wildman–Crippen LogP) is 6.02. The van der Waals surface area contributed by atoms with Gasteiger partial charge in [-0.2, -0.15) is 0 Å². The minimum atomic E-state index is 0.0515. The van der Waals surface area contributed by atoms with Gasteiger partial charge >= 0.3 is 0 Å². The molecule has 0 unspecified atom stereocenters. The van der Waals surface area contributed by atoms with Crippen LogP contribution >= 0.6 is 11.8 Å². The monoisotopic (exact) mass is 359 g/mol. The van der Waals surface area contributed by atoms with Crippen LogP contribution in [0.3, 0.4) is 0 Å². The molecule has 0 atom stereocenters. The number of unbranched alkanes of at least 4 members (excludes halogenated alkanes) is 5. The van der Waals surface area contributed by atoms with Crippen LogP contribution in [0.15, 0.2) is 42.5 Å². The van der Waals surface area contributed by atoms with Crippen LogP contribution in [0.4, 0.5) is 4.79 Å². The highest BCUT2D eigenvalue weighted by atomic mass is 32.2. The minimum Gasteiger partial charge on any atom is -0.493 e. The minimum absolute atomic E-state index is 0.0515. The molecule has 2 rings (SSSR count). The first-order chi connectivity index (χ1) is 12.3. The maximum absolute atomic E-state index is 11.8. The van der Waals surface area contributed by atoms with Crippen molar-refractivity contribution in [1.29, 1.82) is 0 Å². The number of benzene rings is 2. The molecule has 0 bridgehead atoms. The number of carbonyl (C=O) groups excluding carboxylic acids is 1. The van der Waals surface area contributed by atoms with Crippen molar-refractivity contribution in [3.8, 4) is 5.75 Å². The van der Waals surface area contributed by atoms with Crippen molar-refractivity contribution in [2.75, 3.05) is 18.9 Å². The topological polar surface area (TPSA) is 38.3 Å². The summed E-state index contributed by atoms with van der Waals surface area (Å²) in [5, 5.41) is 5.39. The summed E-state index contributed by atoms with van der Waals surface area (Å²) in [5.74, 6) is 1.52. The Bertz CT molecular complexity index is 645. The second-order valence-electron chi connectivity index (χ2n) is 6.19. The molecule has 1 amide bonds. The van der Waals surface area contributed by atoms with Crippen molar-refractivity contribution in [2.24, 2.45) is 0 Å². The molecular weight excluding hydrogens is 330 g/mol. The van der Waals surface area contributed by atoms with E-state index in [1.54, 1.807) is 0 Å². The average Bonchev–Trinajstić information content (AvgIpc) is 2.64. The largest absolute Gasteiger partial charge is 0.493 e. The highest BCUT2D eigenvalue weighted by Gasteiger charge is 2.02. The van der Waals surface area contributed by atoms with E-state index in [-0.39, 0.29) is 5.24 Å². The Kier molecular flexibility index (Phi) is 9.27. The van der Waals surface area contributed by atoms with E-state index in [0.717, 1.165) is 18.7 Å². The van der Waals surface area contributed by atoms with Crippen LogP contribution in [0.25, 0.3) is 10.8 Å². The summed E-state index contributed by atoms with van der Waals surface area (Å²) in [5.41, 5.74) is 0. The Hall–Kier alpha value is -1.68. The van der Waals surface area contributed by atoms with E-state index in [2.05, 4.69) is 30.4 Å². The highest BCUT2D eigenvalue weighted by molar-refractivity contribution is 8.13. The third-order valence-corrected chi connectivity index (χ3v) is 4.88. The second kappa shape index (κ2) is 11.8. The number of hydrogen-bond acceptors (Lipinski definition) is 3. The second-order valence-corrected chi connectivity index (χ2v) is 7.26. The van der Waals surface area contributed by atoms with Gasteiger partial charge in [0.25, 0.3) is 5.24 Å². The molecule has 2 aromatic carbocycles. The van der Waals surface area contributed by atoms with Gasteiger partial charge in [-0.05, 0) is 29.3 Å². The summed E-state index contributed by atoms with van der Waals surface area (Å²) in [6.07, 6.45) is 7.45. The quantitative estimate of drug-likeness (QED) is 0.498. The molecular formula is C21H29NO2S. The standard InChI is InChI=1S/C21H29NO2S/c1-2-3-4-5-6-9-14-22-21(23)25-16-15-24-20-13-12-18-10-7-8-11-19(18)17-20/h7-8,10-13,17H,2-6,9,14-16H2,1H3,(H,22,23). The number of amides is 1. The smallest absolute Gasteiger partial charge is 0.279 e. The molecule has 0 aliphatic carbocycles. The van der Waals surface area contributed by atoms with Gasteiger partial charge in [0.1, 0.15) is 5.75 Å². The number of ether oxygens (including phenoxy) is 1. The fourth-order valence-electron chi connectivity index (χ4n) is 2.70. The number of nitrogens with one attached hydrogen (secondary N) is 1. The molecule has 2 aromatic rings. The molecule has 1 N–H and O–H groups in total. The Morgan fingerprint density at radius 1 is 1.00 bits per heavy atom. The molecule has 0 heterocycles. The van der Waals surface area contributed by atoms with Crippen LogP contribution in [0.2, 0.25) is 0 Å². The lowest BCUT2D eigenvalue weighted by molar-refractivity contribution is 0.260. The third-order valence-electron chi connectivity index (χ3n) is 4.11. The van der Waals surface area contributed by atoms with Gasteiger partial charge in [0.2, 0.25) is 0 Å². The van der Waals surface area contributed by atoms with E-state index < -0.39 is 0 Å². The zero-order valence-corrected chi connectivity index (χ0v) is 15.9. The van der Waals surface area contributed by atoms with Crippen LogP contribution in [-0.4, -0.2) is 24.1 Å². The molecule has 3 nitrogen and oxygen atoms in total.